The lowest BCUT2D eigenvalue weighted by Crippen LogP contribution is -2.37. The van der Waals surface area contributed by atoms with Gasteiger partial charge in [0, 0.05) is 24.0 Å². The van der Waals surface area contributed by atoms with Crippen LogP contribution in [0.1, 0.15) is 18.2 Å². The Morgan fingerprint density at radius 2 is 1.84 bits per heavy atom. The molecule has 1 N–H and O–H groups in total. The first-order chi connectivity index (χ1) is 14.8. The summed E-state index contributed by atoms with van der Waals surface area (Å²) in [4.78, 5) is 9.00. The number of rotatable bonds is 7. The van der Waals surface area contributed by atoms with Crippen LogP contribution in [0.15, 0.2) is 53.2 Å². The van der Waals surface area contributed by atoms with Gasteiger partial charge in [0.15, 0.2) is 5.69 Å². The lowest BCUT2D eigenvalue weighted by molar-refractivity contribution is 0.430. The standard InChI is InChI=1S/C23H28N6OSi/c1-6-24-21-12-7-17(14-25-21)15-29-16(2)13-20(27-29)23-26-22(28-30-23)18-8-10-19(11-9-18)31(3,4)5/h7-14H,6,15H2,1-5H3,(H,24,25). The maximum absolute atomic E-state index is 5.51. The molecule has 0 spiro atoms. The summed E-state index contributed by atoms with van der Waals surface area (Å²) in [6, 6.07) is 14.5. The van der Waals surface area contributed by atoms with Gasteiger partial charge in [-0.25, -0.2) is 4.98 Å². The van der Waals surface area contributed by atoms with Gasteiger partial charge in [-0.3, -0.25) is 4.68 Å². The van der Waals surface area contributed by atoms with E-state index in [0.717, 1.165) is 29.2 Å². The molecule has 4 aromatic rings. The number of nitrogens with one attached hydrogen (secondary N) is 1. The molecule has 31 heavy (non-hydrogen) atoms. The van der Waals surface area contributed by atoms with Crippen molar-refractivity contribution >= 4 is 19.1 Å². The summed E-state index contributed by atoms with van der Waals surface area (Å²) in [5.74, 6) is 1.87. The zero-order valence-corrected chi connectivity index (χ0v) is 19.7. The van der Waals surface area contributed by atoms with Gasteiger partial charge in [-0.2, -0.15) is 10.1 Å². The SMILES string of the molecule is CCNc1ccc(Cn2nc(-c3nc(-c4ccc([Si](C)(C)C)cc4)no3)cc2C)cn1. The Hall–Kier alpha value is -3.26. The molecular weight excluding hydrogens is 404 g/mol. The molecule has 4 rings (SSSR count). The molecule has 3 aromatic heterocycles. The molecule has 7 nitrogen and oxygen atoms in total. The maximum atomic E-state index is 5.51. The fraction of sp³-hybridized carbons (Fsp3) is 0.304. The number of pyridine rings is 1. The van der Waals surface area contributed by atoms with E-state index in [2.05, 4.69) is 82.4 Å². The minimum absolute atomic E-state index is 0.423. The Bertz CT molecular complexity index is 1160. The van der Waals surface area contributed by atoms with Crippen LogP contribution in [0.4, 0.5) is 5.82 Å². The van der Waals surface area contributed by atoms with Gasteiger partial charge in [-0.1, -0.05) is 60.3 Å². The number of benzene rings is 1. The largest absolute Gasteiger partial charge is 0.370 e. The number of hydrogen-bond donors (Lipinski definition) is 1. The summed E-state index contributed by atoms with van der Waals surface area (Å²) in [5, 5.41) is 13.4. The summed E-state index contributed by atoms with van der Waals surface area (Å²) in [6.45, 7) is 12.5. The van der Waals surface area contributed by atoms with Gasteiger partial charge >= 0.3 is 0 Å². The molecular formula is C23H28N6OSi. The molecule has 0 aliphatic carbocycles. The normalized spacial score (nSPS) is 11.6. The average molecular weight is 433 g/mol. The van der Waals surface area contributed by atoms with E-state index in [9.17, 15) is 0 Å². The first-order valence-electron chi connectivity index (χ1n) is 10.5. The van der Waals surface area contributed by atoms with Gasteiger partial charge in [-0.15, -0.1) is 0 Å². The van der Waals surface area contributed by atoms with Gasteiger partial charge in [0.1, 0.15) is 5.82 Å². The zero-order chi connectivity index (χ0) is 22.0. The fourth-order valence-electron chi connectivity index (χ4n) is 3.32. The molecule has 3 heterocycles. The second-order valence-corrected chi connectivity index (χ2v) is 13.7. The van der Waals surface area contributed by atoms with E-state index in [1.165, 1.54) is 5.19 Å². The Labute approximate surface area is 183 Å². The average Bonchev–Trinajstić information content (AvgIpc) is 3.37. The zero-order valence-electron chi connectivity index (χ0n) is 18.7. The molecule has 0 fully saturated rings. The molecule has 0 radical (unpaired) electrons. The third kappa shape index (κ3) is 4.74. The molecule has 0 atom stereocenters. The molecule has 0 aliphatic rings. The van der Waals surface area contributed by atoms with Crippen molar-refractivity contribution in [2.75, 3.05) is 11.9 Å². The van der Waals surface area contributed by atoms with Crippen molar-refractivity contribution in [1.82, 2.24) is 24.9 Å². The minimum atomic E-state index is -1.33. The van der Waals surface area contributed by atoms with E-state index in [1.807, 2.05) is 29.9 Å². The first kappa shape index (κ1) is 21.0. The summed E-state index contributed by atoms with van der Waals surface area (Å²) in [7, 11) is -1.33. The van der Waals surface area contributed by atoms with E-state index in [4.69, 9.17) is 4.52 Å². The molecule has 0 amide bonds. The molecule has 0 saturated heterocycles. The third-order valence-electron chi connectivity index (χ3n) is 5.15. The molecule has 0 unspecified atom stereocenters. The summed E-state index contributed by atoms with van der Waals surface area (Å²) >= 11 is 0. The molecule has 8 heteroatoms. The van der Waals surface area contributed by atoms with Crippen LogP contribution < -0.4 is 10.5 Å². The lowest BCUT2D eigenvalue weighted by atomic mass is 10.2. The Balaban J connectivity index is 1.52. The van der Waals surface area contributed by atoms with E-state index in [0.29, 0.717) is 24.0 Å². The highest BCUT2D eigenvalue weighted by atomic mass is 28.3. The first-order valence-corrected chi connectivity index (χ1v) is 14.0. The second-order valence-electron chi connectivity index (χ2n) is 8.66. The number of aryl methyl sites for hydroxylation is 1. The van der Waals surface area contributed by atoms with E-state index in [1.54, 1.807) is 0 Å². The monoisotopic (exact) mass is 432 g/mol. The van der Waals surface area contributed by atoms with Crippen LogP contribution in [0.5, 0.6) is 0 Å². The van der Waals surface area contributed by atoms with Crippen LogP contribution in [-0.2, 0) is 6.54 Å². The molecule has 0 saturated carbocycles. The highest BCUT2D eigenvalue weighted by Gasteiger charge is 2.18. The van der Waals surface area contributed by atoms with Gasteiger partial charge in [0.2, 0.25) is 5.82 Å². The van der Waals surface area contributed by atoms with Crippen molar-refractivity contribution in [3.63, 3.8) is 0 Å². The predicted molar refractivity (Wildman–Crippen MR) is 126 cm³/mol. The minimum Gasteiger partial charge on any atom is -0.370 e. The van der Waals surface area contributed by atoms with Crippen LogP contribution >= 0.6 is 0 Å². The maximum Gasteiger partial charge on any atom is 0.278 e. The van der Waals surface area contributed by atoms with Gasteiger partial charge in [0.05, 0.1) is 14.6 Å². The summed E-state index contributed by atoms with van der Waals surface area (Å²) in [5.41, 5.74) is 3.71. The van der Waals surface area contributed by atoms with Crippen LogP contribution in [0.2, 0.25) is 19.6 Å². The highest BCUT2D eigenvalue weighted by molar-refractivity contribution is 6.88. The van der Waals surface area contributed by atoms with Crippen molar-refractivity contribution in [2.45, 2.75) is 40.0 Å². The smallest absolute Gasteiger partial charge is 0.278 e. The van der Waals surface area contributed by atoms with E-state index >= 15 is 0 Å². The van der Waals surface area contributed by atoms with Gasteiger partial charge in [0.25, 0.3) is 5.89 Å². The van der Waals surface area contributed by atoms with Crippen LogP contribution in [0.3, 0.4) is 0 Å². The number of hydrogen-bond acceptors (Lipinski definition) is 6. The number of aromatic nitrogens is 5. The second kappa shape index (κ2) is 8.47. The Morgan fingerprint density at radius 3 is 2.48 bits per heavy atom. The summed E-state index contributed by atoms with van der Waals surface area (Å²) in [6.07, 6.45) is 1.87. The van der Waals surface area contributed by atoms with Gasteiger partial charge < -0.3 is 9.84 Å². The summed E-state index contributed by atoms with van der Waals surface area (Å²) < 4.78 is 7.44. The molecule has 0 bridgehead atoms. The van der Waals surface area contributed by atoms with E-state index < -0.39 is 8.07 Å². The quantitative estimate of drug-likeness (QED) is 0.438. The van der Waals surface area contributed by atoms with Crippen molar-refractivity contribution in [2.24, 2.45) is 0 Å². The number of nitrogens with zero attached hydrogens (tertiary/aromatic N) is 5. The van der Waals surface area contributed by atoms with Crippen LogP contribution in [0, 0.1) is 6.92 Å². The van der Waals surface area contributed by atoms with Crippen LogP contribution in [0.25, 0.3) is 23.0 Å². The van der Waals surface area contributed by atoms with Gasteiger partial charge in [-0.05, 0) is 31.5 Å². The Kier molecular flexibility index (Phi) is 5.73. The van der Waals surface area contributed by atoms with E-state index in [-0.39, 0.29) is 0 Å². The third-order valence-corrected chi connectivity index (χ3v) is 7.22. The molecule has 0 aliphatic heterocycles. The Morgan fingerprint density at radius 1 is 1.06 bits per heavy atom. The fourth-order valence-corrected chi connectivity index (χ4v) is 4.48. The molecule has 160 valence electrons. The van der Waals surface area contributed by atoms with Crippen molar-refractivity contribution in [3.05, 3.63) is 59.9 Å². The van der Waals surface area contributed by atoms with Crippen molar-refractivity contribution in [1.29, 1.82) is 0 Å². The highest BCUT2D eigenvalue weighted by Crippen LogP contribution is 2.22. The van der Waals surface area contributed by atoms with Crippen LogP contribution in [-0.4, -0.2) is 39.5 Å². The molecule has 1 aromatic carbocycles. The predicted octanol–water partition coefficient (Wildman–Crippen LogP) is 4.33. The topological polar surface area (TPSA) is 81.7 Å². The van der Waals surface area contributed by atoms with Crippen molar-refractivity contribution in [3.8, 4) is 23.0 Å². The number of anilines is 1. The van der Waals surface area contributed by atoms with Crippen molar-refractivity contribution < 1.29 is 4.52 Å². The lowest BCUT2D eigenvalue weighted by Gasteiger charge is -2.16.